The lowest BCUT2D eigenvalue weighted by Gasteiger charge is -2.08. The molecule has 3 nitrogen and oxygen atoms in total. The molecule has 0 saturated carbocycles. The summed E-state index contributed by atoms with van der Waals surface area (Å²) in [4.78, 5) is 9.03. The minimum atomic E-state index is 0.347. The van der Waals surface area contributed by atoms with Gasteiger partial charge in [0.2, 0.25) is 0 Å². The van der Waals surface area contributed by atoms with E-state index in [0.29, 0.717) is 15.3 Å². The summed E-state index contributed by atoms with van der Waals surface area (Å²) in [6.07, 6.45) is 1.95. The number of halogens is 2. The molecule has 1 aromatic carbocycles. The molecule has 0 radical (unpaired) electrons. The van der Waals surface area contributed by atoms with E-state index in [2.05, 4.69) is 20.6 Å². The molecule has 0 amide bonds. The zero-order valence-electron chi connectivity index (χ0n) is 11.2. The molecule has 1 aliphatic heterocycles. The number of rotatable bonds is 1. The Morgan fingerprint density at radius 2 is 2.05 bits per heavy atom. The topological polar surface area (TPSA) is 30.7 Å². The third kappa shape index (κ3) is 2.22. The second-order valence-electron chi connectivity index (χ2n) is 5.10. The van der Waals surface area contributed by atoms with Gasteiger partial charge in [0.25, 0.3) is 0 Å². The van der Waals surface area contributed by atoms with Crippen LogP contribution in [0.25, 0.3) is 11.0 Å². The Morgan fingerprint density at radius 3 is 2.81 bits per heavy atom. The summed E-state index contributed by atoms with van der Waals surface area (Å²) < 4.78 is 2.20. The second kappa shape index (κ2) is 4.90. The van der Waals surface area contributed by atoms with Crippen molar-refractivity contribution in [1.82, 2.24) is 14.5 Å². The number of thioether (sulfide) groups is 1. The van der Waals surface area contributed by atoms with Crippen molar-refractivity contribution in [1.29, 1.82) is 0 Å². The summed E-state index contributed by atoms with van der Waals surface area (Å²) in [6, 6.07) is 7.91. The van der Waals surface area contributed by atoms with Crippen molar-refractivity contribution >= 4 is 46.0 Å². The third-order valence-corrected chi connectivity index (χ3v) is 5.61. The minimum absolute atomic E-state index is 0.347. The van der Waals surface area contributed by atoms with E-state index in [1.54, 1.807) is 11.8 Å². The van der Waals surface area contributed by atoms with Crippen molar-refractivity contribution in [2.24, 2.45) is 0 Å². The number of aromatic nitrogens is 3. The highest BCUT2D eigenvalue weighted by atomic mass is 35.5. The first kappa shape index (κ1) is 13.4. The highest BCUT2D eigenvalue weighted by Gasteiger charge is 2.27. The van der Waals surface area contributed by atoms with E-state index in [0.717, 1.165) is 28.4 Å². The van der Waals surface area contributed by atoms with Gasteiger partial charge in [-0.2, -0.15) is 0 Å². The Kier molecular flexibility index (Phi) is 3.14. The smallest absolute Gasteiger partial charge is 0.169 e. The molecule has 106 valence electrons. The monoisotopic (exact) mass is 335 g/mol. The molecule has 3 heterocycles. The van der Waals surface area contributed by atoms with Crippen molar-refractivity contribution < 1.29 is 0 Å². The summed E-state index contributed by atoms with van der Waals surface area (Å²) in [5, 5.41) is 2.47. The number of hydrogen-bond acceptors (Lipinski definition) is 3. The van der Waals surface area contributed by atoms with E-state index >= 15 is 0 Å². The molecule has 3 aromatic rings. The third-order valence-electron chi connectivity index (χ3n) is 3.66. The lowest BCUT2D eigenvalue weighted by molar-refractivity contribution is 0.681. The SMILES string of the molecule is Cc1ccc(C2Cn3c(nc4cc(Cl)c(Cl)cc43)S2)cn1. The van der Waals surface area contributed by atoms with Crippen LogP contribution in [0.15, 0.2) is 35.6 Å². The average molecular weight is 336 g/mol. The lowest BCUT2D eigenvalue weighted by atomic mass is 10.2. The number of hydrogen-bond donors (Lipinski definition) is 0. The van der Waals surface area contributed by atoms with Crippen molar-refractivity contribution in [3.63, 3.8) is 0 Å². The molecule has 2 aromatic heterocycles. The molecule has 0 N–H and O–H groups in total. The number of benzene rings is 1. The van der Waals surface area contributed by atoms with Gasteiger partial charge < -0.3 is 4.57 Å². The van der Waals surface area contributed by atoms with Gasteiger partial charge in [-0.05, 0) is 30.7 Å². The zero-order chi connectivity index (χ0) is 14.6. The number of pyridine rings is 1. The standard InChI is InChI=1S/C15H11Cl2N3S/c1-8-2-3-9(6-18-8)14-7-20-13-5-11(17)10(16)4-12(13)19-15(20)21-14/h2-6,14H,7H2,1H3. The summed E-state index contributed by atoms with van der Waals surface area (Å²) in [5.41, 5.74) is 4.19. The van der Waals surface area contributed by atoms with E-state index < -0.39 is 0 Å². The van der Waals surface area contributed by atoms with Gasteiger partial charge >= 0.3 is 0 Å². The second-order valence-corrected chi connectivity index (χ2v) is 7.08. The largest absolute Gasteiger partial charge is 0.317 e. The first-order valence-corrected chi connectivity index (χ1v) is 8.20. The highest BCUT2D eigenvalue weighted by Crippen LogP contribution is 2.44. The summed E-state index contributed by atoms with van der Waals surface area (Å²) >= 11 is 13.9. The number of fused-ring (bicyclic) bond motifs is 3. The maximum absolute atomic E-state index is 6.13. The van der Waals surface area contributed by atoms with Gasteiger partial charge in [0.05, 0.1) is 26.3 Å². The van der Waals surface area contributed by atoms with E-state index in [1.807, 2.05) is 31.3 Å². The molecule has 0 spiro atoms. The Labute approximate surface area is 136 Å². The van der Waals surface area contributed by atoms with Gasteiger partial charge in [-0.1, -0.05) is 41.0 Å². The first-order valence-electron chi connectivity index (χ1n) is 6.56. The van der Waals surface area contributed by atoms with Gasteiger partial charge in [-0.25, -0.2) is 4.98 Å². The highest BCUT2D eigenvalue weighted by molar-refractivity contribution is 7.99. The fourth-order valence-electron chi connectivity index (χ4n) is 2.54. The van der Waals surface area contributed by atoms with E-state index in [-0.39, 0.29) is 0 Å². The Bertz CT molecular complexity index is 842. The van der Waals surface area contributed by atoms with Crippen LogP contribution in [0.5, 0.6) is 0 Å². The first-order chi connectivity index (χ1) is 10.1. The molecule has 0 fully saturated rings. The molecule has 0 saturated heterocycles. The zero-order valence-corrected chi connectivity index (χ0v) is 13.5. The van der Waals surface area contributed by atoms with E-state index in [4.69, 9.17) is 23.2 Å². The van der Waals surface area contributed by atoms with Crippen molar-refractivity contribution in [3.05, 3.63) is 51.8 Å². The molecule has 1 aliphatic rings. The van der Waals surface area contributed by atoms with Crippen molar-refractivity contribution in [2.45, 2.75) is 23.9 Å². The average Bonchev–Trinajstić information content (AvgIpc) is 2.99. The van der Waals surface area contributed by atoms with Gasteiger partial charge in [-0.15, -0.1) is 0 Å². The predicted molar refractivity (Wildman–Crippen MR) is 87.3 cm³/mol. The predicted octanol–water partition coefficient (Wildman–Crippen LogP) is 4.89. The van der Waals surface area contributed by atoms with E-state index in [1.165, 1.54) is 5.56 Å². The fraction of sp³-hybridized carbons (Fsp3) is 0.200. The van der Waals surface area contributed by atoms with Crippen LogP contribution >= 0.6 is 35.0 Å². The Hall–Kier alpha value is -1.23. The Balaban J connectivity index is 1.74. The van der Waals surface area contributed by atoms with Crippen LogP contribution in [0.1, 0.15) is 16.5 Å². The lowest BCUT2D eigenvalue weighted by Crippen LogP contribution is -1.99. The van der Waals surface area contributed by atoms with Crippen LogP contribution in [0.2, 0.25) is 10.0 Å². The summed E-state index contributed by atoms with van der Waals surface area (Å²) in [5.74, 6) is 0. The molecular weight excluding hydrogens is 325 g/mol. The molecule has 6 heteroatoms. The molecule has 0 aliphatic carbocycles. The van der Waals surface area contributed by atoms with Gasteiger partial charge in [-0.3, -0.25) is 4.98 Å². The van der Waals surface area contributed by atoms with Gasteiger partial charge in [0, 0.05) is 18.4 Å². The van der Waals surface area contributed by atoms with Crippen LogP contribution in [0.3, 0.4) is 0 Å². The maximum Gasteiger partial charge on any atom is 0.169 e. The normalized spacial score (nSPS) is 17.4. The van der Waals surface area contributed by atoms with Gasteiger partial charge in [0.1, 0.15) is 0 Å². The number of nitrogens with zero attached hydrogens (tertiary/aromatic N) is 3. The van der Waals surface area contributed by atoms with Crippen LogP contribution in [-0.4, -0.2) is 14.5 Å². The Morgan fingerprint density at radius 1 is 1.24 bits per heavy atom. The molecule has 1 unspecified atom stereocenters. The molecule has 0 bridgehead atoms. The van der Waals surface area contributed by atoms with Crippen LogP contribution < -0.4 is 0 Å². The van der Waals surface area contributed by atoms with Crippen LogP contribution in [0, 0.1) is 6.92 Å². The number of aryl methyl sites for hydroxylation is 1. The molecule has 1 atom stereocenters. The van der Waals surface area contributed by atoms with Crippen LogP contribution in [-0.2, 0) is 6.54 Å². The molecule has 4 rings (SSSR count). The fourth-order valence-corrected chi connectivity index (χ4v) is 4.06. The minimum Gasteiger partial charge on any atom is -0.317 e. The molecular formula is C15H11Cl2N3S. The maximum atomic E-state index is 6.13. The van der Waals surface area contributed by atoms with E-state index in [9.17, 15) is 0 Å². The molecule has 21 heavy (non-hydrogen) atoms. The van der Waals surface area contributed by atoms with Crippen LogP contribution in [0.4, 0.5) is 0 Å². The van der Waals surface area contributed by atoms with Gasteiger partial charge in [0.15, 0.2) is 5.16 Å². The number of imidazole rings is 1. The van der Waals surface area contributed by atoms with Crippen molar-refractivity contribution in [2.75, 3.05) is 0 Å². The quantitative estimate of drug-likeness (QED) is 0.634. The van der Waals surface area contributed by atoms with Crippen molar-refractivity contribution in [3.8, 4) is 0 Å². The summed E-state index contributed by atoms with van der Waals surface area (Å²) in [6.45, 7) is 2.87. The summed E-state index contributed by atoms with van der Waals surface area (Å²) in [7, 11) is 0.